The molecule has 0 radical (unpaired) electrons. The Bertz CT molecular complexity index is 807. The molecule has 5 nitrogen and oxygen atoms in total. The highest BCUT2D eigenvalue weighted by atomic mass is 35.5. The summed E-state index contributed by atoms with van der Waals surface area (Å²) in [7, 11) is -3.55. The molecule has 0 amide bonds. The molecule has 8 heteroatoms. The van der Waals surface area contributed by atoms with Gasteiger partial charge in [-0.2, -0.15) is 4.31 Å². The molecule has 0 saturated carbocycles. The number of piperazine rings is 1. The van der Waals surface area contributed by atoms with Crippen LogP contribution in [0.2, 0.25) is 10.0 Å². The molecular weight excluding hydrogens is 369 g/mol. The third-order valence-electron chi connectivity index (χ3n) is 3.97. The molecule has 1 fully saturated rings. The molecule has 1 aliphatic rings. The molecular formula is C16H17Cl2N3O2S. The Morgan fingerprint density at radius 3 is 2.38 bits per heavy atom. The number of sulfonamides is 1. The van der Waals surface area contributed by atoms with E-state index in [0.29, 0.717) is 31.2 Å². The summed E-state index contributed by atoms with van der Waals surface area (Å²) in [5, 5.41) is 0.585. The van der Waals surface area contributed by atoms with E-state index in [9.17, 15) is 8.42 Å². The Labute approximate surface area is 151 Å². The van der Waals surface area contributed by atoms with Gasteiger partial charge in [-0.25, -0.2) is 8.42 Å². The molecule has 1 aromatic carbocycles. The third kappa shape index (κ3) is 3.90. The Hall–Kier alpha value is -1.18. The number of hydrogen-bond acceptors (Lipinski definition) is 4. The zero-order chi connectivity index (χ0) is 17.2. The molecule has 0 bridgehead atoms. The lowest BCUT2D eigenvalue weighted by Gasteiger charge is -2.33. The van der Waals surface area contributed by atoms with Gasteiger partial charge in [-0.05, 0) is 30.3 Å². The molecule has 0 N–H and O–H groups in total. The monoisotopic (exact) mass is 385 g/mol. The van der Waals surface area contributed by atoms with Crippen LogP contribution in [0.5, 0.6) is 0 Å². The molecule has 1 aliphatic heterocycles. The number of nitrogens with zero attached hydrogens (tertiary/aromatic N) is 3. The Balaban J connectivity index is 1.66. The zero-order valence-corrected chi connectivity index (χ0v) is 15.2. The first-order valence-corrected chi connectivity index (χ1v) is 9.74. The summed E-state index contributed by atoms with van der Waals surface area (Å²) in [5.41, 5.74) is 0.985. The first-order chi connectivity index (χ1) is 11.5. The second kappa shape index (κ2) is 7.37. The van der Waals surface area contributed by atoms with Gasteiger partial charge in [0, 0.05) is 38.9 Å². The molecule has 2 heterocycles. The van der Waals surface area contributed by atoms with E-state index >= 15 is 0 Å². The summed E-state index contributed by atoms with van der Waals surface area (Å²) >= 11 is 11.8. The first-order valence-electron chi connectivity index (χ1n) is 7.54. The molecule has 3 rings (SSSR count). The van der Waals surface area contributed by atoms with Crippen LogP contribution in [0.15, 0.2) is 47.5 Å². The SMILES string of the molecule is O=S(=O)(c1ccc(Cl)c(Cl)c1)N1CCN(Cc2ccccn2)CC1. The lowest BCUT2D eigenvalue weighted by Crippen LogP contribution is -2.48. The summed E-state index contributed by atoms with van der Waals surface area (Å²) in [6, 6.07) is 10.2. The van der Waals surface area contributed by atoms with E-state index in [4.69, 9.17) is 23.2 Å². The molecule has 1 aromatic heterocycles. The van der Waals surface area contributed by atoms with Crippen molar-refractivity contribution in [3.05, 3.63) is 58.3 Å². The number of benzene rings is 1. The second-order valence-corrected chi connectivity index (χ2v) is 8.33. The van der Waals surface area contributed by atoms with Gasteiger partial charge in [-0.3, -0.25) is 9.88 Å². The normalized spacial score (nSPS) is 17.1. The second-order valence-electron chi connectivity index (χ2n) is 5.58. The maximum atomic E-state index is 12.7. The Morgan fingerprint density at radius 2 is 1.75 bits per heavy atom. The molecule has 0 atom stereocenters. The van der Waals surface area contributed by atoms with Gasteiger partial charge in [0.2, 0.25) is 10.0 Å². The quantitative estimate of drug-likeness (QED) is 0.811. The van der Waals surface area contributed by atoms with E-state index < -0.39 is 10.0 Å². The summed E-state index contributed by atoms with van der Waals surface area (Å²) in [5.74, 6) is 0. The fourth-order valence-electron chi connectivity index (χ4n) is 2.64. The Kier molecular flexibility index (Phi) is 5.42. The van der Waals surface area contributed by atoms with Gasteiger partial charge in [0.25, 0.3) is 0 Å². The van der Waals surface area contributed by atoms with E-state index in [2.05, 4.69) is 9.88 Å². The Morgan fingerprint density at radius 1 is 1.00 bits per heavy atom. The molecule has 2 aromatic rings. The van der Waals surface area contributed by atoms with Gasteiger partial charge in [0.15, 0.2) is 0 Å². The van der Waals surface area contributed by atoms with Crippen LogP contribution >= 0.6 is 23.2 Å². The van der Waals surface area contributed by atoms with Crippen molar-refractivity contribution in [2.75, 3.05) is 26.2 Å². The van der Waals surface area contributed by atoms with E-state index in [1.807, 2.05) is 18.2 Å². The van der Waals surface area contributed by atoms with Crippen LogP contribution in [0, 0.1) is 0 Å². The van der Waals surface area contributed by atoms with Gasteiger partial charge in [0.05, 0.1) is 20.6 Å². The van der Waals surface area contributed by atoms with E-state index in [1.165, 1.54) is 22.5 Å². The highest BCUT2D eigenvalue weighted by molar-refractivity contribution is 7.89. The van der Waals surface area contributed by atoms with Crippen LogP contribution in [-0.4, -0.2) is 48.8 Å². The minimum absolute atomic E-state index is 0.176. The number of halogens is 2. The lowest BCUT2D eigenvalue weighted by molar-refractivity contribution is 0.180. The highest BCUT2D eigenvalue weighted by Crippen LogP contribution is 2.27. The molecule has 0 unspecified atom stereocenters. The van der Waals surface area contributed by atoms with Crippen molar-refractivity contribution in [1.82, 2.24) is 14.2 Å². The maximum absolute atomic E-state index is 12.7. The highest BCUT2D eigenvalue weighted by Gasteiger charge is 2.28. The molecule has 1 saturated heterocycles. The summed E-state index contributed by atoms with van der Waals surface area (Å²) in [4.78, 5) is 6.68. The van der Waals surface area contributed by atoms with E-state index in [1.54, 1.807) is 6.20 Å². The predicted molar refractivity (Wildman–Crippen MR) is 94.7 cm³/mol. The van der Waals surface area contributed by atoms with E-state index in [0.717, 1.165) is 12.2 Å². The summed E-state index contributed by atoms with van der Waals surface area (Å²) in [6.07, 6.45) is 1.76. The van der Waals surface area contributed by atoms with Crippen molar-refractivity contribution in [2.45, 2.75) is 11.4 Å². The van der Waals surface area contributed by atoms with Crippen molar-refractivity contribution in [2.24, 2.45) is 0 Å². The van der Waals surface area contributed by atoms with Crippen LogP contribution in [0.25, 0.3) is 0 Å². The first kappa shape index (κ1) is 17.6. The standard InChI is InChI=1S/C16H17Cl2N3O2S/c17-15-5-4-14(11-16(15)18)24(22,23)21-9-7-20(8-10-21)12-13-3-1-2-6-19-13/h1-6,11H,7-10,12H2. The van der Waals surface area contributed by atoms with Crippen molar-refractivity contribution in [3.63, 3.8) is 0 Å². The number of rotatable bonds is 4. The van der Waals surface area contributed by atoms with Crippen molar-refractivity contribution in [1.29, 1.82) is 0 Å². The van der Waals surface area contributed by atoms with Crippen molar-refractivity contribution in [3.8, 4) is 0 Å². The number of aromatic nitrogens is 1. The topological polar surface area (TPSA) is 53.5 Å². The van der Waals surface area contributed by atoms with Gasteiger partial charge in [-0.1, -0.05) is 29.3 Å². The molecule has 24 heavy (non-hydrogen) atoms. The number of pyridine rings is 1. The van der Waals surface area contributed by atoms with Gasteiger partial charge in [-0.15, -0.1) is 0 Å². The third-order valence-corrected chi connectivity index (χ3v) is 6.61. The molecule has 0 spiro atoms. The fourth-order valence-corrected chi connectivity index (χ4v) is 4.45. The van der Waals surface area contributed by atoms with Gasteiger partial charge < -0.3 is 0 Å². The minimum atomic E-state index is -3.55. The van der Waals surface area contributed by atoms with Crippen LogP contribution in [0.1, 0.15) is 5.69 Å². The van der Waals surface area contributed by atoms with Crippen LogP contribution in [-0.2, 0) is 16.6 Å². The average Bonchev–Trinajstić information content (AvgIpc) is 2.58. The average molecular weight is 386 g/mol. The maximum Gasteiger partial charge on any atom is 0.243 e. The van der Waals surface area contributed by atoms with Crippen LogP contribution in [0.4, 0.5) is 0 Å². The van der Waals surface area contributed by atoms with Crippen LogP contribution < -0.4 is 0 Å². The minimum Gasteiger partial charge on any atom is -0.295 e. The van der Waals surface area contributed by atoms with Crippen LogP contribution in [0.3, 0.4) is 0 Å². The predicted octanol–water partition coefficient (Wildman–Crippen LogP) is 2.89. The summed E-state index contributed by atoms with van der Waals surface area (Å²) < 4.78 is 26.9. The van der Waals surface area contributed by atoms with Gasteiger partial charge >= 0.3 is 0 Å². The van der Waals surface area contributed by atoms with Crippen molar-refractivity contribution >= 4 is 33.2 Å². The zero-order valence-electron chi connectivity index (χ0n) is 12.9. The molecule has 128 valence electrons. The van der Waals surface area contributed by atoms with Crippen molar-refractivity contribution < 1.29 is 8.42 Å². The number of hydrogen-bond donors (Lipinski definition) is 0. The smallest absolute Gasteiger partial charge is 0.243 e. The lowest BCUT2D eigenvalue weighted by atomic mass is 10.3. The van der Waals surface area contributed by atoms with Gasteiger partial charge in [0.1, 0.15) is 0 Å². The molecule has 0 aliphatic carbocycles. The summed E-state index contributed by atoms with van der Waals surface area (Å²) in [6.45, 7) is 2.93. The van der Waals surface area contributed by atoms with E-state index in [-0.39, 0.29) is 9.92 Å². The largest absolute Gasteiger partial charge is 0.295 e. The fraction of sp³-hybridized carbons (Fsp3) is 0.312.